The summed E-state index contributed by atoms with van der Waals surface area (Å²) in [5, 5.41) is 23.7. The zero-order valence-corrected chi connectivity index (χ0v) is 4.63. The zero-order valence-electron chi connectivity index (χ0n) is 4.63. The van der Waals surface area contributed by atoms with Gasteiger partial charge >= 0.3 is 0 Å². The van der Waals surface area contributed by atoms with E-state index in [9.17, 15) is 0 Å². The summed E-state index contributed by atoms with van der Waals surface area (Å²) in [5.41, 5.74) is 4.55. The second kappa shape index (κ2) is 2.76. The molecule has 0 aliphatic heterocycles. The lowest BCUT2D eigenvalue weighted by Crippen LogP contribution is -2.36. The summed E-state index contributed by atoms with van der Waals surface area (Å²) >= 11 is 0. The first kappa shape index (κ1) is 7.55. The van der Waals surface area contributed by atoms with Crippen LogP contribution in [0.2, 0.25) is 0 Å². The summed E-state index contributed by atoms with van der Waals surface area (Å²) in [5.74, 6) is 0. The predicted molar refractivity (Wildman–Crippen MR) is 29.6 cm³/mol. The van der Waals surface area contributed by atoms with Crippen LogP contribution in [0.1, 0.15) is 6.92 Å². The van der Waals surface area contributed by atoms with E-state index in [1.807, 2.05) is 0 Å². The minimum absolute atomic E-state index is 0.259. The first-order valence-corrected chi connectivity index (χ1v) is 2.25. The smallest absolute Gasteiger partial charge is 0.143 e. The van der Waals surface area contributed by atoms with Gasteiger partial charge in [0.15, 0.2) is 0 Å². The van der Waals surface area contributed by atoms with Gasteiger partial charge in [-0.05, 0) is 6.92 Å². The van der Waals surface area contributed by atoms with Gasteiger partial charge in [0.2, 0.25) is 0 Å². The van der Waals surface area contributed by atoms with Crippen molar-refractivity contribution in [2.75, 3.05) is 0 Å². The maximum Gasteiger partial charge on any atom is 0.143 e. The molecule has 0 saturated heterocycles. The third kappa shape index (κ3) is 2.02. The highest BCUT2D eigenvalue weighted by Crippen LogP contribution is 1.84. The average Bonchev–Trinajstić information content (AvgIpc) is 1.64. The Bertz CT molecular complexity index is 80.0. The summed E-state index contributed by atoms with van der Waals surface area (Å²) in [6.45, 7) is 1.37. The SMILES string of the molecule is CC(O)C(=N)C(N)O. The quantitative estimate of drug-likeness (QED) is 0.267. The van der Waals surface area contributed by atoms with E-state index < -0.39 is 12.3 Å². The molecule has 0 aromatic rings. The molecule has 2 atom stereocenters. The van der Waals surface area contributed by atoms with Gasteiger partial charge in [-0.15, -0.1) is 0 Å². The highest BCUT2D eigenvalue weighted by molar-refractivity contribution is 5.88. The van der Waals surface area contributed by atoms with E-state index in [1.54, 1.807) is 0 Å². The summed E-state index contributed by atoms with van der Waals surface area (Å²) in [4.78, 5) is 0. The van der Waals surface area contributed by atoms with Crippen molar-refractivity contribution in [2.24, 2.45) is 5.73 Å². The van der Waals surface area contributed by atoms with Crippen molar-refractivity contribution in [3.05, 3.63) is 0 Å². The number of hydrogen-bond donors (Lipinski definition) is 4. The van der Waals surface area contributed by atoms with E-state index in [2.05, 4.69) is 0 Å². The minimum Gasteiger partial charge on any atom is -0.387 e. The van der Waals surface area contributed by atoms with Gasteiger partial charge < -0.3 is 21.4 Å². The summed E-state index contributed by atoms with van der Waals surface area (Å²) in [6.07, 6.45) is -2.27. The van der Waals surface area contributed by atoms with Crippen molar-refractivity contribution in [3.63, 3.8) is 0 Å². The third-order valence-corrected chi connectivity index (χ3v) is 0.769. The van der Waals surface area contributed by atoms with Gasteiger partial charge in [-0.2, -0.15) is 0 Å². The maximum atomic E-state index is 8.53. The van der Waals surface area contributed by atoms with Crippen LogP contribution in [0, 0.1) is 5.41 Å². The molecule has 2 unspecified atom stereocenters. The van der Waals surface area contributed by atoms with Crippen LogP contribution in [0.25, 0.3) is 0 Å². The molecule has 0 aromatic carbocycles. The molecule has 0 aliphatic carbocycles. The van der Waals surface area contributed by atoms with Gasteiger partial charge in [-0.25, -0.2) is 0 Å². The monoisotopic (exact) mass is 118 g/mol. The van der Waals surface area contributed by atoms with Gasteiger partial charge in [0.1, 0.15) is 6.23 Å². The highest BCUT2D eigenvalue weighted by atomic mass is 16.3. The molecule has 4 heteroatoms. The van der Waals surface area contributed by atoms with Gasteiger partial charge in [0.25, 0.3) is 0 Å². The van der Waals surface area contributed by atoms with Crippen molar-refractivity contribution < 1.29 is 10.2 Å². The van der Waals surface area contributed by atoms with Crippen LogP contribution in [-0.2, 0) is 0 Å². The molecule has 4 nitrogen and oxygen atoms in total. The Morgan fingerprint density at radius 3 is 2.00 bits per heavy atom. The summed E-state index contributed by atoms with van der Waals surface area (Å²) in [6, 6.07) is 0. The van der Waals surface area contributed by atoms with Gasteiger partial charge in [-0.1, -0.05) is 0 Å². The lowest BCUT2D eigenvalue weighted by atomic mass is 10.2. The molecule has 8 heavy (non-hydrogen) atoms. The van der Waals surface area contributed by atoms with E-state index in [1.165, 1.54) is 6.92 Å². The van der Waals surface area contributed by atoms with Crippen molar-refractivity contribution in [1.82, 2.24) is 0 Å². The molecule has 0 amide bonds. The predicted octanol–water partition coefficient (Wildman–Crippen LogP) is -1.34. The van der Waals surface area contributed by atoms with Crippen molar-refractivity contribution in [3.8, 4) is 0 Å². The first-order valence-electron chi connectivity index (χ1n) is 2.25. The number of nitrogens with one attached hydrogen (secondary N) is 1. The number of rotatable bonds is 2. The normalized spacial score (nSPS) is 17.5. The average molecular weight is 118 g/mol. The van der Waals surface area contributed by atoms with Crippen molar-refractivity contribution in [1.29, 1.82) is 5.41 Å². The van der Waals surface area contributed by atoms with E-state index in [0.29, 0.717) is 0 Å². The Balaban J connectivity index is 3.65. The van der Waals surface area contributed by atoms with E-state index in [-0.39, 0.29) is 5.71 Å². The lowest BCUT2D eigenvalue weighted by Gasteiger charge is -2.07. The Labute approximate surface area is 47.4 Å². The molecule has 0 saturated carbocycles. The number of hydrogen-bond acceptors (Lipinski definition) is 4. The van der Waals surface area contributed by atoms with Crippen molar-refractivity contribution in [2.45, 2.75) is 19.3 Å². The van der Waals surface area contributed by atoms with Gasteiger partial charge in [0.05, 0.1) is 11.8 Å². The Kier molecular flexibility index (Phi) is 2.60. The molecular weight excluding hydrogens is 108 g/mol. The topological polar surface area (TPSA) is 90.3 Å². The zero-order chi connectivity index (χ0) is 6.73. The molecule has 0 bridgehead atoms. The molecule has 0 radical (unpaired) electrons. The van der Waals surface area contributed by atoms with Crippen LogP contribution in [-0.4, -0.2) is 28.3 Å². The highest BCUT2D eigenvalue weighted by Gasteiger charge is 2.09. The second-order valence-corrected chi connectivity index (χ2v) is 1.58. The Morgan fingerprint density at radius 2 is 2.00 bits per heavy atom. The van der Waals surface area contributed by atoms with Crippen LogP contribution in [0.5, 0.6) is 0 Å². The largest absolute Gasteiger partial charge is 0.387 e. The molecule has 0 heterocycles. The van der Waals surface area contributed by atoms with E-state index in [4.69, 9.17) is 21.4 Å². The van der Waals surface area contributed by atoms with Crippen LogP contribution in [0.4, 0.5) is 0 Å². The third-order valence-electron chi connectivity index (χ3n) is 0.769. The first-order chi connectivity index (χ1) is 3.55. The Hall–Kier alpha value is -0.450. The van der Waals surface area contributed by atoms with Crippen LogP contribution in [0.3, 0.4) is 0 Å². The fourth-order valence-corrected chi connectivity index (χ4v) is 0.247. The van der Waals surface area contributed by atoms with Crippen LogP contribution < -0.4 is 5.73 Å². The standard InChI is InChI=1S/C4H10N2O2/c1-2(7)3(5)4(6)8/h2,4-5,7-8H,6H2,1H3. The minimum atomic E-state index is -1.32. The van der Waals surface area contributed by atoms with Gasteiger partial charge in [0, 0.05) is 0 Å². The number of aliphatic hydroxyl groups is 2. The van der Waals surface area contributed by atoms with Crippen molar-refractivity contribution >= 4 is 5.71 Å². The van der Waals surface area contributed by atoms with Crippen LogP contribution >= 0.6 is 0 Å². The molecular formula is C4H10N2O2. The molecule has 0 spiro atoms. The van der Waals surface area contributed by atoms with E-state index >= 15 is 0 Å². The van der Waals surface area contributed by atoms with Crippen LogP contribution in [0.15, 0.2) is 0 Å². The molecule has 5 N–H and O–H groups in total. The van der Waals surface area contributed by atoms with E-state index in [0.717, 1.165) is 0 Å². The second-order valence-electron chi connectivity index (χ2n) is 1.58. The molecule has 0 aliphatic rings. The lowest BCUT2D eigenvalue weighted by molar-refractivity contribution is 0.206. The fourth-order valence-electron chi connectivity index (χ4n) is 0.247. The Morgan fingerprint density at radius 1 is 1.62 bits per heavy atom. The molecule has 0 fully saturated rings. The maximum absolute atomic E-state index is 8.53. The number of nitrogens with two attached hydrogens (primary N) is 1. The van der Waals surface area contributed by atoms with Gasteiger partial charge in [-0.3, -0.25) is 0 Å². The molecule has 48 valence electrons. The summed E-state index contributed by atoms with van der Waals surface area (Å²) < 4.78 is 0. The molecule has 0 aromatic heterocycles. The fraction of sp³-hybridized carbons (Fsp3) is 0.750. The number of aliphatic hydroxyl groups excluding tert-OH is 2. The molecule has 0 rings (SSSR count). The summed E-state index contributed by atoms with van der Waals surface area (Å²) in [7, 11) is 0.